The minimum atomic E-state index is -0.392. The van der Waals surface area contributed by atoms with E-state index in [-0.39, 0.29) is 29.4 Å². The highest BCUT2D eigenvalue weighted by Crippen LogP contribution is 2.32. The van der Waals surface area contributed by atoms with E-state index in [4.69, 9.17) is 0 Å². The van der Waals surface area contributed by atoms with E-state index in [1.165, 1.54) is 19.3 Å². The number of fused-ring (bicyclic) bond motifs is 1. The summed E-state index contributed by atoms with van der Waals surface area (Å²) in [6.07, 6.45) is 5.37. The molecule has 1 aliphatic carbocycles. The van der Waals surface area contributed by atoms with Gasteiger partial charge in [-0.2, -0.15) is 0 Å². The number of rotatable bonds is 5. The molecule has 4 rings (SSSR count). The topological polar surface area (TPSA) is 99.8 Å². The van der Waals surface area contributed by atoms with Crippen LogP contribution in [-0.2, 0) is 0 Å². The molecule has 0 radical (unpaired) electrons. The second kappa shape index (κ2) is 7.27. The first kappa shape index (κ1) is 19.0. The van der Waals surface area contributed by atoms with E-state index in [0.717, 1.165) is 6.42 Å². The summed E-state index contributed by atoms with van der Waals surface area (Å²) >= 11 is 0. The molecule has 7 nitrogen and oxygen atoms in total. The van der Waals surface area contributed by atoms with E-state index in [0.29, 0.717) is 33.6 Å². The lowest BCUT2D eigenvalue weighted by Gasteiger charge is -2.15. The van der Waals surface area contributed by atoms with Crippen LogP contribution in [0.4, 0.5) is 4.39 Å². The van der Waals surface area contributed by atoms with Gasteiger partial charge < -0.3 is 15.6 Å². The Morgan fingerprint density at radius 2 is 2.03 bits per heavy atom. The van der Waals surface area contributed by atoms with Gasteiger partial charge >= 0.3 is 0 Å². The predicted molar refractivity (Wildman–Crippen MR) is 106 cm³/mol. The van der Waals surface area contributed by atoms with Crippen LogP contribution in [0.2, 0.25) is 0 Å². The highest BCUT2D eigenvalue weighted by Gasteiger charge is 2.34. The lowest BCUT2D eigenvalue weighted by atomic mass is 9.94. The molecule has 2 amide bonds. The molecule has 3 aromatic rings. The van der Waals surface area contributed by atoms with E-state index in [1.54, 1.807) is 18.5 Å². The Morgan fingerprint density at radius 3 is 2.72 bits per heavy atom. The second-order valence-electron chi connectivity index (χ2n) is 7.55. The Morgan fingerprint density at radius 1 is 1.28 bits per heavy atom. The fourth-order valence-corrected chi connectivity index (χ4v) is 3.48. The maximum atomic E-state index is 14.3. The largest absolute Gasteiger partial charge is 0.357 e. The zero-order valence-corrected chi connectivity index (χ0v) is 16.4. The maximum absolute atomic E-state index is 14.3. The lowest BCUT2D eigenvalue weighted by molar-refractivity contribution is 0.0949. The molecule has 3 N–H and O–H groups in total. The maximum Gasteiger partial charge on any atom is 0.269 e. The zero-order chi connectivity index (χ0) is 20.7. The molecular formula is C21H22FN5O2. The zero-order valence-electron chi connectivity index (χ0n) is 16.4. The van der Waals surface area contributed by atoms with Crippen molar-refractivity contribution in [1.82, 2.24) is 25.6 Å². The molecule has 3 atom stereocenters. The van der Waals surface area contributed by atoms with Gasteiger partial charge in [-0.3, -0.25) is 14.6 Å². The normalized spacial score (nSPS) is 19.0. The molecule has 3 heterocycles. The summed E-state index contributed by atoms with van der Waals surface area (Å²) in [6.45, 7) is 3.92. The van der Waals surface area contributed by atoms with E-state index >= 15 is 0 Å². The number of nitrogens with zero attached hydrogens (tertiary/aromatic N) is 2. The summed E-state index contributed by atoms with van der Waals surface area (Å²) in [7, 11) is 1.51. The predicted octanol–water partition coefficient (Wildman–Crippen LogP) is 2.75. The summed E-state index contributed by atoms with van der Waals surface area (Å²) in [5, 5.41) is 5.93. The highest BCUT2D eigenvalue weighted by molar-refractivity contribution is 5.99. The van der Waals surface area contributed by atoms with Crippen LogP contribution < -0.4 is 10.6 Å². The van der Waals surface area contributed by atoms with Crippen molar-refractivity contribution >= 4 is 22.7 Å². The Balaban J connectivity index is 1.77. The van der Waals surface area contributed by atoms with Crippen LogP contribution in [0.5, 0.6) is 0 Å². The molecule has 1 fully saturated rings. The molecule has 1 unspecified atom stereocenters. The van der Waals surface area contributed by atoms with E-state index in [2.05, 4.69) is 32.5 Å². The monoisotopic (exact) mass is 395 g/mol. The van der Waals surface area contributed by atoms with Crippen molar-refractivity contribution in [2.24, 2.45) is 5.92 Å². The average molecular weight is 395 g/mol. The lowest BCUT2D eigenvalue weighted by Crippen LogP contribution is -2.28. The number of halogens is 1. The van der Waals surface area contributed by atoms with Crippen molar-refractivity contribution in [2.45, 2.75) is 32.2 Å². The van der Waals surface area contributed by atoms with Gasteiger partial charge in [0.1, 0.15) is 11.5 Å². The van der Waals surface area contributed by atoms with Gasteiger partial charge in [-0.05, 0) is 30.0 Å². The molecule has 3 aromatic heterocycles. The van der Waals surface area contributed by atoms with Crippen molar-refractivity contribution in [3.8, 4) is 0 Å². The Bertz CT molecular complexity index is 1110. The Labute approximate surface area is 167 Å². The first-order chi connectivity index (χ1) is 13.9. The van der Waals surface area contributed by atoms with Gasteiger partial charge in [0.2, 0.25) is 0 Å². The first-order valence-corrected chi connectivity index (χ1v) is 9.54. The van der Waals surface area contributed by atoms with Gasteiger partial charge in [0, 0.05) is 48.0 Å². The van der Waals surface area contributed by atoms with Crippen molar-refractivity contribution in [3.05, 3.63) is 59.1 Å². The average Bonchev–Trinajstić information content (AvgIpc) is 3.29. The Hall–Kier alpha value is -3.29. The third-order valence-corrected chi connectivity index (χ3v) is 5.47. The summed E-state index contributed by atoms with van der Waals surface area (Å²) in [5.74, 6) is -0.945. The molecule has 29 heavy (non-hydrogen) atoms. The molecule has 0 aliphatic heterocycles. The second-order valence-corrected chi connectivity index (χ2v) is 7.55. The van der Waals surface area contributed by atoms with Crippen molar-refractivity contribution in [2.75, 3.05) is 7.05 Å². The van der Waals surface area contributed by atoms with Gasteiger partial charge in [-0.1, -0.05) is 13.8 Å². The number of nitrogens with one attached hydrogen (secondary N) is 3. The third kappa shape index (κ3) is 3.57. The number of amides is 2. The molecule has 0 spiro atoms. The molecular weight excluding hydrogens is 373 g/mol. The first-order valence-electron chi connectivity index (χ1n) is 9.54. The van der Waals surface area contributed by atoms with E-state index in [9.17, 15) is 14.0 Å². The highest BCUT2D eigenvalue weighted by atomic mass is 19.1. The molecule has 1 aliphatic rings. The minimum Gasteiger partial charge on any atom is -0.357 e. The van der Waals surface area contributed by atoms with Crippen molar-refractivity contribution in [3.63, 3.8) is 0 Å². The fraction of sp³-hybridized carbons (Fsp3) is 0.333. The van der Waals surface area contributed by atoms with Crippen LogP contribution in [0.1, 0.15) is 58.3 Å². The quantitative estimate of drug-likeness (QED) is 0.618. The molecule has 0 aromatic carbocycles. The van der Waals surface area contributed by atoms with Gasteiger partial charge in [0.05, 0.1) is 11.7 Å². The number of aromatic nitrogens is 3. The van der Waals surface area contributed by atoms with Crippen LogP contribution >= 0.6 is 0 Å². The van der Waals surface area contributed by atoms with Gasteiger partial charge in [0.25, 0.3) is 11.8 Å². The summed E-state index contributed by atoms with van der Waals surface area (Å²) in [4.78, 5) is 36.4. The minimum absolute atomic E-state index is 0.139. The number of carbonyl (C=O) groups is 2. The SMILES string of the molecule is CNC(=O)c1cc(C(=O)N[C@H]2C[C@@H]2C)cc(C(C)c2cncc3[nH]cc(F)c23)n1. The summed E-state index contributed by atoms with van der Waals surface area (Å²) < 4.78 is 14.3. The van der Waals surface area contributed by atoms with Crippen LogP contribution in [-0.4, -0.2) is 39.9 Å². The molecule has 0 bridgehead atoms. The molecule has 1 saturated carbocycles. The number of hydrogen-bond donors (Lipinski definition) is 3. The van der Waals surface area contributed by atoms with Gasteiger partial charge in [-0.15, -0.1) is 0 Å². The van der Waals surface area contributed by atoms with Gasteiger partial charge in [-0.25, -0.2) is 9.37 Å². The van der Waals surface area contributed by atoms with Crippen LogP contribution in [0, 0.1) is 11.7 Å². The van der Waals surface area contributed by atoms with Crippen LogP contribution in [0.25, 0.3) is 10.9 Å². The number of aromatic amines is 1. The molecule has 0 saturated heterocycles. The van der Waals surface area contributed by atoms with Crippen LogP contribution in [0.15, 0.2) is 30.7 Å². The van der Waals surface area contributed by atoms with Crippen molar-refractivity contribution < 1.29 is 14.0 Å². The van der Waals surface area contributed by atoms with E-state index in [1.807, 2.05) is 6.92 Å². The molecule has 8 heteroatoms. The third-order valence-electron chi connectivity index (χ3n) is 5.47. The smallest absolute Gasteiger partial charge is 0.269 e. The number of H-pyrrole nitrogens is 1. The summed E-state index contributed by atoms with van der Waals surface area (Å²) in [6, 6.07) is 3.29. The Kier molecular flexibility index (Phi) is 4.77. The number of carbonyl (C=O) groups excluding carboxylic acids is 2. The fourth-order valence-electron chi connectivity index (χ4n) is 3.48. The summed E-state index contributed by atoms with van der Waals surface area (Å²) in [5.41, 5.74) is 2.20. The van der Waals surface area contributed by atoms with Gasteiger partial charge in [0.15, 0.2) is 0 Å². The molecule has 150 valence electrons. The number of hydrogen-bond acceptors (Lipinski definition) is 4. The van der Waals surface area contributed by atoms with E-state index < -0.39 is 5.91 Å². The standard InChI is InChI=1S/C21H22FN5O2/c1-10-4-15(10)27-20(28)12-5-16(26-17(6-12)21(29)23-3)11(2)13-7-24-9-18-19(13)14(22)8-25-18/h5-11,15,25H,4H2,1-3H3,(H,23,29)(H,27,28)/t10-,11?,15-/m0/s1. The van der Waals surface area contributed by atoms with Crippen molar-refractivity contribution in [1.29, 1.82) is 0 Å². The number of pyridine rings is 2. The van der Waals surface area contributed by atoms with Crippen LogP contribution in [0.3, 0.4) is 0 Å².